The van der Waals surface area contributed by atoms with Gasteiger partial charge in [0.1, 0.15) is 0 Å². The summed E-state index contributed by atoms with van der Waals surface area (Å²) in [6.07, 6.45) is 0.736. The molecule has 1 aromatic heterocycles. The van der Waals surface area contributed by atoms with Crippen LogP contribution < -0.4 is 10.9 Å². The van der Waals surface area contributed by atoms with Crippen LogP contribution in [0.4, 0.5) is 11.4 Å². The minimum absolute atomic E-state index is 0.00942. The van der Waals surface area contributed by atoms with Gasteiger partial charge < -0.3 is 5.32 Å². The Morgan fingerprint density at radius 1 is 1.12 bits per heavy atom. The molecule has 0 unspecified atom stereocenters. The molecular formula is C25H22N4O4S. The summed E-state index contributed by atoms with van der Waals surface area (Å²) >= 11 is 1.16. The fraction of sp³-hybridized carbons (Fsp3) is 0.160. The number of fused-ring (bicyclic) bond motifs is 1. The molecule has 0 bridgehead atoms. The number of carbonyl (C=O) groups excluding carboxylic acids is 1. The van der Waals surface area contributed by atoms with Crippen LogP contribution in [-0.2, 0) is 11.2 Å². The number of anilines is 1. The van der Waals surface area contributed by atoms with Crippen molar-refractivity contribution in [1.29, 1.82) is 0 Å². The van der Waals surface area contributed by atoms with Crippen molar-refractivity contribution in [3.63, 3.8) is 0 Å². The number of hydrogen-bond donors (Lipinski definition) is 1. The van der Waals surface area contributed by atoms with Crippen molar-refractivity contribution in [1.82, 2.24) is 9.55 Å². The van der Waals surface area contributed by atoms with Gasteiger partial charge in [0, 0.05) is 17.8 Å². The first-order valence-electron chi connectivity index (χ1n) is 10.7. The number of nitrogens with one attached hydrogen (secondary N) is 1. The number of nitro benzene ring substituents is 1. The van der Waals surface area contributed by atoms with E-state index in [-0.39, 0.29) is 22.9 Å². The number of aromatic nitrogens is 2. The van der Waals surface area contributed by atoms with E-state index in [0.717, 1.165) is 29.4 Å². The number of hydrogen-bond acceptors (Lipinski definition) is 6. The third-order valence-corrected chi connectivity index (χ3v) is 6.32. The molecule has 1 N–H and O–H groups in total. The zero-order valence-electron chi connectivity index (χ0n) is 18.6. The molecule has 172 valence electrons. The number of thioether (sulfide) groups is 1. The summed E-state index contributed by atoms with van der Waals surface area (Å²) in [6, 6.07) is 19.0. The number of benzene rings is 3. The number of nitro groups is 1. The smallest absolute Gasteiger partial charge is 0.269 e. The third kappa shape index (κ3) is 4.69. The van der Waals surface area contributed by atoms with E-state index in [1.54, 1.807) is 29.7 Å². The molecule has 0 fully saturated rings. The van der Waals surface area contributed by atoms with Crippen LogP contribution in [0.25, 0.3) is 16.6 Å². The van der Waals surface area contributed by atoms with Crippen molar-refractivity contribution in [2.24, 2.45) is 0 Å². The van der Waals surface area contributed by atoms with Gasteiger partial charge in [-0.25, -0.2) is 4.98 Å². The Hall–Kier alpha value is -3.98. The first-order chi connectivity index (χ1) is 16.4. The van der Waals surface area contributed by atoms with Crippen molar-refractivity contribution >= 4 is 39.9 Å². The average Bonchev–Trinajstić information content (AvgIpc) is 2.84. The number of carbonyl (C=O) groups is 1. The lowest BCUT2D eigenvalue weighted by atomic mass is 10.1. The average molecular weight is 475 g/mol. The van der Waals surface area contributed by atoms with Crippen molar-refractivity contribution in [3.05, 3.63) is 98.3 Å². The van der Waals surface area contributed by atoms with E-state index in [2.05, 4.69) is 10.3 Å². The maximum atomic E-state index is 13.4. The fourth-order valence-corrected chi connectivity index (χ4v) is 4.47. The second kappa shape index (κ2) is 9.88. The Kier molecular flexibility index (Phi) is 6.74. The van der Waals surface area contributed by atoms with E-state index in [4.69, 9.17) is 0 Å². The summed E-state index contributed by atoms with van der Waals surface area (Å²) in [5.74, 6) is -0.296. The molecular weight excluding hydrogens is 452 g/mol. The van der Waals surface area contributed by atoms with E-state index in [1.165, 1.54) is 18.2 Å². The first-order valence-corrected chi connectivity index (χ1v) is 11.7. The molecule has 4 aromatic rings. The van der Waals surface area contributed by atoms with Gasteiger partial charge in [0.15, 0.2) is 5.16 Å². The zero-order chi connectivity index (χ0) is 24.2. The minimum atomic E-state index is -0.479. The van der Waals surface area contributed by atoms with Gasteiger partial charge >= 0.3 is 0 Å². The van der Waals surface area contributed by atoms with Crippen LogP contribution in [0.1, 0.15) is 18.1 Å². The molecule has 9 heteroatoms. The largest absolute Gasteiger partial charge is 0.325 e. The molecule has 0 saturated carbocycles. The highest BCUT2D eigenvalue weighted by Gasteiger charge is 2.17. The monoisotopic (exact) mass is 474 g/mol. The lowest BCUT2D eigenvalue weighted by molar-refractivity contribution is -0.384. The molecule has 0 saturated heterocycles. The Bertz CT molecular complexity index is 1470. The van der Waals surface area contributed by atoms with Crippen LogP contribution in [0.5, 0.6) is 0 Å². The molecule has 8 nitrogen and oxygen atoms in total. The van der Waals surface area contributed by atoms with Crippen LogP contribution in [0.15, 0.2) is 76.7 Å². The normalized spacial score (nSPS) is 10.9. The maximum absolute atomic E-state index is 13.4. The van der Waals surface area contributed by atoms with Crippen LogP contribution in [0, 0.1) is 17.0 Å². The number of amides is 1. The van der Waals surface area contributed by atoms with Gasteiger partial charge in [-0.3, -0.25) is 24.3 Å². The fourth-order valence-electron chi connectivity index (χ4n) is 3.67. The zero-order valence-corrected chi connectivity index (χ0v) is 19.5. The van der Waals surface area contributed by atoms with Crippen LogP contribution in [0.3, 0.4) is 0 Å². The van der Waals surface area contributed by atoms with Gasteiger partial charge in [-0.2, -0.15) is 0 Å². The predicted octanol–water partition coefficient (Wildman–Crippen LogP) is 4.90. The Morgan fingerprint density at radius 2 is 1.85 bits per heavy atom. The quantitative estimate of drug-likeness (QED) is 0.177. The molecule has 0 radical (unpaired) electrons. The van der Waals surface area contributed by atoms with E-state index in [1.807, 2.05) is 37.3 Å². The Balaban J connectivity index is 1.66. The van der Waals surface area contributed by atoms with Crippen LogP contribution >= 0.6 is 11.8 Å². The second-order valence-corrected chi connectivity index (χ2v) is 8.57. The van der Waals surface area contributed by atoms with Gasteiger partial charge in [0.25, 0.3) is 11.2 Å². The molecule has 34 heavy (non-hydrogen) atoms. The summed E-state index contributed by atoms with van der Waals surface area (Å²) in [6.45, 7) is 3.71. The molecule has 1 heterocycles. The topological polar surface area (TPSA) is 107 Å². The standard InChI is InChI=1S/C25H22N4O4S/c1-3-17-8-4-7-11-22(17)28-24(31)19-9-5-6-10-21(19)27-25(28)34-15-23(30)26-20-13-12-18(29(32)33)14-16(20)2/h4-14H,3,15H2,1-2H3,(H,26,30). The first kappa shape index (κ1) is 23.2. The van der Waals surface area contributed by atoms with E-state index in [0.29, 0.717) is 27.3 Å². The highest BCUT2D eigenvalue weighted by Crippen LogP contribution is 2.25. The molecule has 3 aromatic carbocycles. The number of aryl methyl sites for hydroxylation is 2. The summed E-state index contributed by atoms with van der Waals surface area (Å²) < 4.78 is 1.57. The minimum Gasteiger partial charge on any atom is -0.325 e. The van der Waals surface area contributed by atoms with Gasteiger partial charge in [-0.15, -0.1) is 0 Å². The van der Waals surface area contributed by atoms with Crippen molar-refractivity contribution in [2.75, 3.05) is 11.1 Å². The highest BCUT2D eigenvalue weighted by molar-refractivity contribution is 7.99. The SMILES string of the molecule is CCc1ccccc1-n1c(SCC(=O)Nc2ccc([N+](=O)[O-])cc2C)nc2ccccc2c1=O. The van der Waals surface area contributed by atoms with Gasteiger partial charge in [0.2, 0.25) is 5.91 Å². The van der Waals surface area contributed by atoms with Crippen molar-refractivity contribution in [3.8, 4) is 5.69 Å². The van der Waals surface area contributed by atoms with Crippen LogP contribution in [-0.4, -0.2) is 26.1 Å². The number of para-hydroxylation sites is 2. The lowest BCUT2D eigenvalue weighted by Gasteiger charge is -2.16. The van der Waals surface area contributed by atoms with Gasteiger partial charge in [-0.05, 0) is 48.7 Å². The summed E-state index contributed by atoms with van der Waals surface area (Å²) in [4.78, 5) is 41.3. The van der Waals surface area contributed by atoms with E-state index < -0.39 is 4.92 Å². The molecule has 4 rings (SSSR count). The molecule has 0 aliphatic carbocycles. The highest BCUT2D eigenvalue weighted by atomic mass is 32.2. The van der Waals surface area contributed by atoms with Gasteiger partial charge in [-0.1, -0.05) is 49.0 Å². The number of nitrogens with zero attached hydrogens (tertiary/aromatic N) is 3. The van der Waals surface area contributed by atoms with E-state index in [9.17, 15) is 19.7 Å². The van der Waals surface area contributed by atoms with Crippen molar-refractivity contribution in [2.45, 2.75) is 25.4 Å². The predicted molar refractivity (Wildman–Crippen MR) is 134 cm³/mol. The summed E-state index contributed by atoms with van der Waals surface area (Å²) in [7, 11) is 0. The second-order valence-electron chi connectivity index (χ2n) is 7.63. The third-order valence-electron chi connectivity index (χ3n) is 5.39. The Morgan fingerprint density at radius 3 is 2.59 bits per heavy atom. The Labute approximate surface area is 199 Å². The molecule has 1 amide bonds. The molecule has 0 atom stereocenters. The molecule has 0 aliphatic heterocycles. The summed E-state index contributed by atoms with van der Waals surface area (Å²) in [5.41, 5.74) is 3.15. The van der Waals surface area contributed by atoms with Gasteiger partial charge in [0.05, 0.1) is 27.3 Å². The van der Waals surface area contributed by atoms with Crippen LogP contribution in [0.2, 0.25) is 0 Å². The summed E-state index contributed by atoms with van der Waals surface area (Å²) in [5, 5.41) is 14.6. The number of non-ortho nitro benzene ring substituents is 1. The van der Waals surface area contributed by atoms with E-state index >= 15 is 0 Å². The molecule has 0 aliphatic rings. The maximum Gasteiger partial charge on any atom is 0.269 e. The molecule has 0 spiro atoms. The van der Waals surface area contributed by atoms with Crippen molar-refractivity contribution < 1.29 is 9.72 Å². The number of rotatable bonds is 7. The lowest BCUT2D eigenvalue weighted by Crippen LogP contribution is -2.24.